The molecule has 11 nitrogen and oxygen atoms in total. The summed E-state index contributed by atoms with van der Waals surface area (Å²) in [5, 5.41) is 13.9. The van der Waals surface area contributed by atoms with Crippen LogP contribution in [0.3, 0.4) is 0 Å². The Morgan fingerprint density at radius 3 is 1.93 bits per heavy atom. The summed E-state index contributed by atoms with van der Waals surface area (Å²) < 4.78 is 14.5. The lowest BCUT2D eigenvalue weighted by atomic mass is 10.1. The Kier molecular flexibility index (Phi) is 9.01. The van der Waals surface area contributed by atoms with E-state index in [1.54, 1.807) is 46.9 Å². The van der Waals surface area contributed by atoms with Gasteiger partial charge in [0, 0.05) is 0 Å². The normalized spacial score (nSPS) is 12.4. The molecule has 0 fully saturated rings. The predicted molar refractivity (Wildman–Crippen MR) is 93.0 cm³/mol. The van der Waals surface area contributed by atoms with Crippen LogP contribution in [0.2, 0.25) is 0 Å². The molecular weight excluding hydrogens is 362 g/mol. The number of carbonyl (C=O) groups is 4. The summed E-state index contributed by atoms with van der Waals surface area (Å²) >= 11 is 0. The van der Waals surface area contributed by atoms with Gasteiger partial charge in [0.25, 0.3) is 0 Å². The Morgan fingerprint density at radius 1 is 0.963 bits per heavy atom. The molecule has 0 aromatic carbocycles. The summed E-state index contributed by atoms with van der Waals surface area (Å²) in [6, 6.07) is -2.35. The molecule has 4 amide bonds. The number of rotatable bonds is 5. The molecule has 0 aliphatic heterocycles. The largest absolute Gasteiger partial charge is 0.458 e. The van der Waals surface area contributed by atoms with E-state index in [0.717, 1.165) is 7.11 Å². The number of hydrogen-bond donors (Lipinski definition) is 3. The van der Waals surface area contributed by atoms with Gasteiger partial charge in [0.2, 0.25) is 0 Å². The number of alkyl carbamates (subject to hydrolysis) is 2. The molecule has 0 rings (SSSR count). The van der Waals surface area contributed by atoms with Crippen LogP contribution in [-0.2, 0) is 19.0 Å². The van der Waals surface area contributed by atoms with Crippen molar-refractivity contribution in [2.75, 3.05) is 13.7 Å². The quantitative estimate of drug-likeness (QED) is 0.278. The van der Waals surface area contributed by atoms with Crippen LogP contribution in [0.15, 0.2) is 0 Å². The maximum Gasteiger partial charge on any atom is 0.415 e. The first kappa shape index (κ1) is 24.4. The number of amides is 4. The highest BCUT2D eigenvalue weighted by atomic mass is 16.6. The summed E-state index contributed by atoms with van der Waals surface area (Å²) in [6.07, 6.45) is -2.12. The summed E-state index contributed by atoms with van der Waals surface area (Å²) in [4.78, 5) is 46.8. The van der Waals surface area contributed by atoms with Crippen LogP contribution >= 0.6 is 0 Å². The topological polar surface area (TPSA) is 144 Å². The average molecular weight is 391 g/mol. The second-order valence-electron chi connectivity index (χ2n) is 7.57. The van der Waals surface area contributed by atoms with Crippen LogP contribution < -0.4 is 10.6 Å². The fourth-order valence-corrected chi connectivity index (χ4v) is 1.63. The van der Waals surface area contributed by atoms with E-state index in [9.17, 15) is 24.4 Å². The Morgan fingerprint density at radius 2 is 1.48 bits per heavy atom. The van der Waals surface area contributed by atoms with E-state index in [1.807, 2.05) is 0 Å². The SMILES string of the molecule is COC(=O)NC(=O)N(O)CC[C@H](NC(=O)OC(C)(C)C)C(=O)OC(C)(C)C. The van der Waals surface area contributed by atoms with Gasteiger partial charge in [-0.05, 0) is 48.0 Å². The number of imide groups is 1. The van der Waals surface area contributed by atoms with Gasteiger partial charge in [0.1, 0.15) is 17.2 Å². The molecule has 0 aromatic rings. The van der Waals surface area contributed by atoms with Crippen molar-refractivity contribution in [3.63, 3.8) is 0 Å². The lowest BCUT2D eigenvalue weighted by Gasteiger charge is -2.27. The standard InChI is InChI=1S/C16H29N3O8/c1-15(2,3)26-11(20)10(17-14(23)27-16(4,5)6)8-9-19(24)12(21)18-13(22)25-7/h10,24H,8-9H2,1-7H3,(H,17,23)(H,18,21,22)/t10-/m0/s1. The van der Waals surface area contributed by atoms with Crippen LogP contribution in [0.4, 0.5) is 14.4 Å². The minimum absolute atomic E-state index is 0.172. The van der Waals surface area contributed by atoms with E-state index in [4.69, 9.17) is 9.47 Å². The molecule has 0 aliphatic carbocycles. The molecule has 11 heteroatoms. The lowest BCUT2D eigenvalue weighted by molar-refractivity contribution is -0.158. The van der Waals surface area contributed by atoms with Crippen molar-refractivity contribution in [2.24, 2.45) is 0 Å². The number of ether oxygens (including phenoxy) is 3. The van der Waals surface area contributed by atoms with Gasteiger partial charge in [-0.3, -0.25) is 5.21 Å². The van der Waals surface area contributed by atoms with Gasteiger partial charge in [-0.1, -0.05) is 0 Å². The number of nitrogens with one attached hydrogen (secondary N) is 2. The van der Waals surface area contributed by atoms with Gasteiger partial charge < -0.3 is 19.5 Å². The first-order valence-corrected chi connectivity index (χ1v) is 8.22. The van der Waals surface area contributed by atoms with E-state index >= 15 is 0 Å². The summed E-state index contributed by atoms with van der Waals surface area (Å²) in [7, 11) is 1.05. The molecular formula is C16H29N3O8. The zero-order valence-corrected chi connectivity index (χ0v) is 16.7. The Balaban J connectivity index is 4.98. The zero-order valence-electron chi connectivity index (χ0n) is 16.7. The molecule has 0 spiro atoms. The molecule has 0 aromatic heterocycles. The molecule has 1 atom stereocenters. The van der Waals surface area contributed by atoms with Crippen molar-refractivity contribution in [1.29, 1.82) is 0 Å². The molecule has 27 heavy (non-hydrogen) atoms. The number of urea groups is 1. The fraction of sp³-hybridized carbons (Fsp3) is 0.750. The predicted octanol–water partition coefficient (Wildman–Crippen LogP) is 1.78. The first-order chi connectivity index (χ1) is 12.1. The highest BCUT2D eigenvalue weighted by molar-refractivity contribution is 5.90. The summed E-state index contributed by atoms with van der Waals surface area (Å²) in [5.74, 6) is -0.768. The smallest absolute Gasteiger partial charge is 0.415 e. The van der Waals surface area contributed by atoms with Crippen molar-refractivity contribution in [1.82, 2.24) is 15.7 Å². The van der Waals surface area contributed by atoms with Gasteiger partial charge in [-0.2, -0.15) is 0 Å². The minimum atomic E-state index is -1.19. The van der Waals surface area contributed by atoms with Crippen LogP contribution in [-0.4, -0.2) is 65.4 Å². The Bertz CT molecular complexity index is 551. The molecule has 0 radical (unpaired) electrons. The van der Waals surface area contributed by atoms with Crippen LogP contribution in [0.25, 0.3) is 0 Å². The molecule has 0 bridgehead atoms. The zero-order chi connectivity index (χ0) is 21.4. The summed E-state index contributed by atoms with van der Waals surface area (Å²) in [5.41, 5.74) is -1.60. The number of esters is 1. The second-order valence-corrected chi connectivity index (χ2v) is 7.57. The molecule has 0 aliphatic rings. The van der Waals surface area contributed by atoms with Gasteiger partial charge in [0.15, 0.2) is 0 Å². The highest BCUT2D eigenvalue weighted by Crippen LogP contribution is 2.12. The van der Waals surface area contributed by atoms with Crippen molar-refractivity contribution >= 4 is 24.2 Å². The van der Waals surface area contributed by atoms with Gasteiger partial charge in [-0.15, -0.1) is 0 Å². The number of hydrogen-bond acceptors (Lipinski definition) is 8. The monoisotopic (exact) mass is 391 g/mol. The van der Waals surface area contributed by atoms with Gasteiger partial charge >= 0.3 is 24.2 Å². The van der Waals surface area contributed by atoms with Crippen molar-refractivity contribution < 1.29 is 38.6 Å². The Labute approximate surface area is 158 Å². The maximum atomic E-state index is 12.3. The third kappa shape index (κ3) is 11.6. The number of methoxy groups -OCH3 is 1. The molecule has 3 N–H and O–H groups in total. The van der Waals surface area contributed by atoms with E-state index in [0.29, 0.717) is 0 Å². The second kappa shape index (κ2) is 9.95. The maximum absolute atomic E-state index is 12.3. The van der Waals surface area contributed by atoms with E-state index in [1.165, 1.54) is 0 Å². The van der Waals surface area contributed by atoms with E-state index in [-0.39, 0.29) is 18.0 Å². The summed E-state index contributed by atoms with van der Waals surface area (Å²) in [6.45, 7) is 9.53. The lowest BCUT2D eigenvalue weighted by Crippen LogP contribution is -2.48. The van der Waals surface area contributed by atoms with Crippen LogP contribution in [0, 0.1) is 0 Å². The van der Waals surface area contributed by atoms with Crippen molar-refractivity contribution in [2.45, 2.75) is 65.2 Å². The van der Waals surface area contributed by atoms with Crippen LogP contribution in [0.1, 0.15) is 48.0 Å². The molecule has 0 heterocycles. The highest BCUT2D eigenvalue weighted by Gasteiger charge is 2.29. The van der Waals surface area contributed by atoms with E-state index in [2.05, 4.69) is 10.1 Å². The van der Waals surface area contributed by atoms with Crippen LogP contribution in [0.5, 0.6) is 0 Å². The molecule has 0 unspecified atom stereocenters. The average Bonchev–Trinajstić information content (AvgIpc) is 2.46. The third-order valence-electron chi connectivity index (χ3n) is 2.64. The number of nitrogens with zero attached hydrogens (tertiary/aromatic N) is 1. The number of carbonyl (C=O) groups excluding carboxylic acids is 4. The number of hydroxylamine groups is 2. The van der Waals surface area contributed by atoms with Crippen molar-refractivity contribution in [3.05, 3.63) is 0 Å². The molecule has 156 valence electrons. The van der Waals surface area contributed by atoms with Crippen molar-refractivity contribution in [3.8, 4) is 0 Å². The molecule has 0 saturated heterocycles. The van der Waals surface area contributed by atoms with E-state index < -0.39 is 41.4 Å². The van der Waals surface area contributed by atoms with Gasteiger partial charge in [-0.25, -0.2) is 29.6 Å². The first-order valence-electron chi connectivity index (χ1n) is 8.22. The van der Waals surface area contributed by atoms with Gasteiger partial charge in [0.05, 0.1) is 13.7 Å². The Hall–Kier alpha value is -2.56. The third-order valence-corrected chi connectivity index (χ3v) is 2.64. The molecule has 0 saturated carbocycles. The minimum Gasteiger partial charge on any atom is -0.458 e. The fourth-order valence-electron chi connectivity index (χ4n) is 1.63.